The van der Waals surface area contributed by atoms with Crippen LogP contribution in [0.3, 0.4) is 0 Å². The summed E-state index contributed by atoms with van der Waals surface area (Å²) in [5.74, 6) is 2.72. The van der Waals surface area contributed by atoms with Crippen LogP contribution in [0.1, 0.15) is 24.5 Å². The molecule has 6 rings (SSSR count). The van der Waals surface area contributed by atoms with Gasteiger partial charge in [0.05, 0.1) is 18.9 Å². The van der Waals surface area contributed by atoms with Crippen molar-refractivity contribution in [3.63, 3.8) is 0 Å². The molecule has 0 bridgehead atoms. The van der Waals surface area contributed by atoms with E-state index in [0.29, 0.717) is 25.1 Å². The van der Waals surface area contributed by atoms with E-state index in [-0.39, 0.29) is 0 Å². The van der Waals surface area contributed by atoms with Gasteiger partial charge in [0.25, 0.3) is 5.95 Å². The molecule has 0 aromatic carbocycles. The van der Waals surface area contributed by atoms with Gasteiger partial charge < -0.3 is 19.1 Å². The fraction of sp³-hybridized carbons (Fsp3) is 0.458. The zero-order chi connectivity index (χ0) is 23.1. The monoisotopic (exact) mass is 459 g/mol. The molecule has 0 saturated carbocycles. The molecule has 10 nitrogen and oxygen atoms in total. The lowest BCUT2D eigenvalue weighted by Crippen LogP contribution is -2.37. The highest BCUT2D eigenvalue weighted by atomic mass is 16.5. The minimum Gasteiger partial charge on any atom is -0.378 e. The van der Waals surface area contributed by atoms with Gasteiger partial charge in [0.15, 0.2) is 17.0 Å². The molecule has 2 aliphatic heterocycles. The lowest BCUT2D eigenvalue weighted by Gasteiger charge is -2.28. The lowest BCUT2D eigenvalue weighted by molar-refractivity contribution is 0.122. The van der Waals surface area contributed by atoms with Gasteiger partial charge in [0, 0.05) is 50.2 Å². The number of anilines is 1. The molecule has 34 heavy (non-hydrogen) atoms. The van der Waals surface area contributed by atoms with E-state index in [1.807, 2.05) is 34.6 Å². The number of imidazole rings is 1. The number of ether oxygens (including phenoxy) is 1. The minimum absolute atomic E-state index is 0.481. The summed E-state index contributed by atoms with van der Waals surface area (Å²) in [4.78, 5) is 23.6. The Morgan fingerprint density at radius 2 is 1.68 bits per heavy atom. The molecule has 0 amide bonds. The predicted molar refractivity (Wildman–Crippen MR) is 129 cm³/mol. The van der Waals surface area contributed by atoms with Crippen LogP contribution in [0.5, 0.6) is 0 Å². The first-order chi connectivity index (χ1) is 16.7. The maximum Gasteiger partial charge on any atom is 0.254 e. The third-order valence-corrected chi connectivity index (χ3v) is 6.89. The predicted octanol–water partition coefficient (Wildman–Crippen LogP) is 2.26. The summed E-state index contributed by atoms with van der Waals surface area (Å²) in [6, 6.07) is 6.04. The second-order valence-corrected chi connectivity index (χ2v) is 9.11. The van der Waals surface area contributed by atoms with E-state index in [1.54, 1.807) is 12.4 Å². The van der Waals surface area contributed by atoms with E-state index in [9.17, 15) is 0 Å². The van der Waals surface area contributed by atoms with Crippen LogP contribution < -0.4 is 4.90 Å². The van der Waals surface area contributed by atoms with Gasteiger partial charge in [0.1, 0.15) is 5.82 Å². The number of hydrogen-bond donors (Lipinski definition) is 0. The molecule has 176 valence electrons. The molecule has 4 aromatic rings. The Hall–Kier alpha value is -3.37. The third kappa shape index (κ3) is 3.82. The molecule has 0 unspecified atom stereocenters. The van der Waals surface area contributed by atoms with Gasteiger partial charge in [-0.25, -0.2) is 9.67 Å². The topological polar surface area (TPSA) is 90.0 Å². The number of aryl methyl sites for hydroxylation is 1. The molecule has 0 N–H and O–H groups in total. The zero-order valence-electron chi connectivity index (χ0n) is 19.6. The molecular weight excluding hydrogens is 430 g/mol. The second kappa shape index (κ2) is 8.77. The van der Waals surface area contributed by atoms with Crippen molar-refractivity contribution in [3.05, 3.63) is 42.5 Å². The summed E-state index contributed by atoms with van der Waals surface area (Å²) >= 11 is 0. The number of fused-ring (bicyclic) bond motifs is 1. The Kier molecular flexibility index (Phi) is 5.46. The van der Waals surface area contributed by atoms with Gasteiger partial charge in [-0.05, 0) is 51.2 Å². The molecule has 0 atom stereocenters. The number of likely N-dealkylation sites (tertiary alicyclic amines) is 1. The Labute approximate surface area is 198 Å². The summed E-state index contributed by atoms with van der Waals surface area (Å²) in [6.45, 7) is 5.10. The highest BCUT2D eigenvalue weighted by Gasteiger charge is 2.25. The smallest absolute Gasteiger partial charge is 0.254 e. The summed E-state index contributed by atoms with van der Waals surface area (Å²) in [6.07, 6.45) is 7.80. The highest BCUT2D eigenvalue weighted by Crippen LogP contribution is 2.30. The van der Waals surface area contributed by atoms with Crippen molar-refractivity contribution >= 4 is 17.0 Å². The van der Waals surface area contributed by atoms with E-state index in [2.05, 4.69) is 27.9 Å². The number of piperidine rings is 1. The fourth-order valence-electron chi connectivity index (χ4n) is 4.86. The number of hydrogen-bond acceptors (Lipinski definition) is 8. The molecule has 0 aliphatic carbocycles. The summed E-state index contributed by atoms with van der Waals surface area (Å²) in [5, 5.41) is 4.91. The van der Waals surface area contributed by atoms with Crippen molar-refractivity contribution < 1.29 is 4.74 Å². The minimum atomic E-state index is 0.481. The summed E-state index contributed by atoms with van der Waals surface area (Å²) in [5.41, 5.74) is 3.69. The molecule has 2 saturated heterocycles. The number of morpholine rings is 1. The van der Waals surface area contributed by atoms with E-state index in [0.717, 1.165) is 73.1 Å². The first kappa shape index (κ1) is 21.2. The van der Waals surface area contributed by atoms with Crippen LogP contribution in [-0.2, 0) is 11.8 Å². The van der Waals surface area contributed by atoms with Crippen LogP contribution in [0.25, 0.3) is 28.5 Å². The Morgan fingerprint density at radius 3 is 2.44 bits per heavy atom. The molecule has 0 spiro atoms. The number of nitrogens with zero attached hydrogens (tertiary/aromatic N) is 9. The van der Waals surface area contributed by atoms with Gasteiger partial charge in [0.2, 0.25) is 0 Å². The van der Waals surface area contributed by atoms with Crippen LogP contribution in [0.2, 0.25) is 0 Å². The highest BCUT2D eigenvalue weighted by molar-refractivity contribution is 5.87. The van der Waals surface area contributed by atoms with Crippen LogP contribution in [-0.4, -0.2) is 85.6 Å². The largest absolute Gasteiger partial charge is 0.378 e. The standard InChI is InChI=1S/C24H29N9O/c1-30-10-5-17(6-11-30)19-7-12-33(29-19)24-27-22-20(23(28-24)32-13-15-34-16-14-32)26-21(31(22)2)18-3-8-25-9-4-18/h3-4,7-9,12,17H,5-6,10-11,13-16H2,1-2H3. The Balaban J connectivity index is 1.44. The van der Waals surface area contributed by atoms with Gasteiger partial charge in [-0.3, -0.25) is 4.98 Å². The first-order valence-corrected chi connectivity index (χ1v) is 11.9. The fourth-order valence-corrected chi connectivity index (χ4v) is 4.86. The van der Waals surface area contributed by atoms with E-state index >= 15 is 0 Å². The Bertz CT molecular complexity index is 1280. The van der Waals surface area contributed by atoms with Crippen molar-refractivity contribution in [3.8, 4) is 17.3 Å². The van der Waals surface area contributed by atoms with Crippen molar-refractivity contribution in [2.75, 3.05) is 51.3 Å². The Morgan fingerprint density at radius 1 is 0.912 bits per heavy atom. The molecular formula is C24H29N9O. The zero-order valence-corrected chi connectivity index (χ0v) is 19.6. The van der Waals surface area contributed by atoms with Crippen molar-refractivity contribution in [2.45, 2.75) is 18.8 Å². The molecule has 2 fully saturated rings. The number of aromatic nitrogens is 7. The van der Waals surface area contributed by atoms with Gasteiger partial charge in [-0.15, -0.1) is 0 Å². The van der Waals surface area contributed by atoms with Crippen LogP contribution in [0, 0.1) is 0 Å². The van der Waals surface area contributed by atoms with Crippen LogP contribution in [0.4, 0.5) is 5.82 Å². The number of pyridine rings is 1. The molecule has 2 aliphatic rings. The summed E-state index contributed by atoms with van der Waals surface area (Å²) in [7, 11) is 4.18. The first-order valence-electron chi connectivity index (χ1n) is 11.9. The van der Waals surface area contributed by atoms with Crippen LogP contribution >= 0.6 is 0 Å². The average Bonchev–Trinajstić information content (AvgIpc) is 3.51. The normalized spacial score (nSPS) is 18.1. The molecule has 4 aromatic heterocycles. The number of rotatable bonds is 4. The quantitative estimate of drug-likeness (QED) is 0.459. The maximum absolute atomic E-state index is 5.59. The van der Waals surface area contributed by atoms with Gasteiger partial charge in [-0.2, -0.15) is 15.1 Å². The lowest BCUT2D eigenvalue weighted by atomic mass is 9.94. The van der Waals surface area contributed by atoms with Crippen LogP contribution in [0.15, 0.2) is 36.8 Å². The van der Waals surface area contributed by atoms with Crippen molar-refractivity contribution in [2.24, 2.45) is 7.05 Å². The molecule has 10 heteroatoms. The van der Waals surface area contributed by atoms with E-state index in [1.165, 1.54) is 0 Å². The third-order valence-electron chi connectivity index (χ3n) is 6.89. The van der Waals surface area contributed by atoms with Crippen molar-refractivity contribution in [1.29, 1.82) is 0 Å². The van der Waals surface area contributed by atoms with E-state index in [4.69, 9.17) is 24.8 Å². The second-order valence-electron chi connectivity index (χ2n) is 9.11. The van der Waals surface area contributed by atoms with Gasteiger partial charge in [-0.1, -0.05) is 0 Å². The van der Waals surface area contributed by atoms with Gasteiger partial charge >= 0.3 is 0 Å². The summed E-state index contributed by atoms with van der Waals surface area (Å²) < 4.78 is 9.43. The SMILES string of the molecule is CN1CCC(c2ccn(-c3nc(N4CCOCC4)c4nc(-c5ccncc5)n(C)c4n3)n2)CC1. The maximum atomic E-state index is 5.59. The molecule has 0 radical (unpaired) electrons. The molecule has 6 heterocycles. The van der Waals surface area contributed by atoms with Crippen molar-refractivity contribution in [1.82, 2.24) is 39.2 Å². The van der Waals surface area contributed by atoms with E-state index < -0.39 is 0 Å². The average molecular weight is 460 g/mol.